The second kappa shape index (κ2) is 4.31. The lowest BCUT2D eigenvalue weighted by Crippen LogP contribution is -2.58. The van der Waals surface area contributed by atoms with Gasteiger partial charge in [0, 0.05) is 5.41 Å². The predicted octanol–water partition coefficient (Wildman–Crippen LogP) is 2.50. The van der Waals surface area contributed by atoms with Gasteiger partial charge in [0.1, 0.15) is 5.72 Å². The lowest BCUT2D eigenvalue weighted by atomic mass is 9.68. The van der Waals surface area contributed by atoms with Gasteiger partial charge in [-0.25, -0.2) is 8.42 Å². The lowest BCUT2D eigenvalue weighted by molar-refractivity contribution is -0.0975. The highest BCUT2D eigenvalue weighted by Crippen LogP contribution is 2.68. The molecule has 0 amide bonds. The van der Waals surface area contributed by atoms with Crippen molar-refractivity contribution >= 4 is 10.0 Å². The largest absolute Gasteiger partial charge is 0.374 e. The average Bonchev–Trinajstić information content (AvgIpc) is 2.71. The molecule has 0 unspecified atom stereocenters. The van der Waals surface area contributed by atoms with Crippen LogP contribution in [-0.2, 0) is 10.0 Å². The predicted molar refractivity (Wildman–Crippen MR) is 80.9 cm³/mol. The van der Waals surface area contributed by atoms with Crippen molar-refractivity contribution in [3.8, 4) is 0 Å². The van der Waals surface area contributed by atoms with E-state index in [9.17, 15) is 13.5 Å². The molecule has 0 heterocycles. The van der Waals surface area contributed by atoms with Crippen molar-refractivity contribution in [1.29, 1.82) is 0 Å². The van der Waals surface area contributed by atoms with Crippen molar-refractivity contribution in [1.82, 2.24) is 4.72 Å². The molecular formula is C16H23NO3S. The normalized spacial score (nSPS) is 37.8. The lowest BCUT2D eigenvalue weighted by Gasteiger charge is -2.45. The molecule has 0 radical (unpaired) electrons. The van der Waals surface area contributed by atoms with Gasteiger partial charge in [0.05, 0.1) is 4.90 Å². The van der Waals surface area contributed by atoms with E-state index in [0.717, 1.165) is 12.8 Å². The van der Waals surface area contributed by atoms with Crippen LogP contribution in [0.2, 0.25) is 0 Å². The zero-order valence-electron chi connectivity index (χ0n) is 12.8. The van der Waals surface area contributed by atoms with E-state index in [-0.39, 0.29) is 10.3 Å². The van der Waals surface area contributed by atoms with Crippen molar-refractivity contribution in [2.45, 2.75) is 50.7 Å². The molecule has 2 bridgehead atoms. The maximum atomic E-state index is 12.6. The fourth-order valence-electron chi connectivity index (χ4n) is 4.31. The molecule has 1 aromatic carbocycles. The molecule has 0 saturated heterocycles. The highest BCUT2D eigenvalue weighted by Gasteiger charge is 2.69. The Morgan fingerprint density at radius 3 is 2.29 bits per heavy atom. The van der Waals surface area contributed by atoms with Gasteiger partial charge in [-0.2, -0.15) is 4.72 Å². The molecule has 0 aliphatic heterocycles. The SMILES string of the molecule is CC1(C)[C@@H]2CC[C@@]1(C)[C@](O)(NS(=O)(=O)c1ccccc1)C2. The van der Waals surface area contributed by atoms with Crippen LogP contribution in [0.4, 0.5) is 0 Å². The topological polar surface area (TPSA) is 66.4 Å². The summed E-state index contributed by atoms with van der Waals surface area (Å²) in [7, 11) is -3.71. The third-order valence-electron chi connectivity index (χ3n) is 6.25. The van der Waals surface area contributed by atoms with E-state index in [2.05, 4.69) is 18.6 Å². The highest BCUT2D eigenvalue weighted by atomic mass is 32.2. The van der Waals surface area contributed by atoms with E-state index in [1.807, 2.05) is 6.92 Å². The maximum absolute atomic E-state index is 12.6. The quantitative estimate of drug-likeness (QED) is 0.843. The van der Waals surface area contributed by atoms with E-state index < -0.39 is 21.2 Å². The van der Waals surface area contributed by atoms with Crippen LogP contribution in [-0.4, -0.2) is 19.2 Å². The smallest absolute Gasteiger partial charge is 0.242 e. The first-order chi connectivity index (χ1) is 9.62. The molecule has 4 nitrogen and oxygen atoms in total. The van der Waals surface area contributed by atoms with Crippen LogP contribution in [0.1, 0.15) is 40.0 Å². The minimum atomic E-state index is -3.71. The fourth-order valence-corrected chi connectivity index (χ4v) is 5.70. The summed E-state index contributed by atoms with van der Waals surface area (Å²) in [6.07, 6.45) is 2.39. The first kappa shape index (κ1) is 15.0. The summed E-state index contributed by atoms with van der Waals surface area (Å²) in [4.78, 5) is 0.197. The van der Waals surface area contributed by atoms with Crippen molar-refractivity contribution in [2.24, 2.45) is 16.7 Å². The standard InChI is InChI=1S/C16H23NO3S/c1-14(2)12-9-10-15(14,3)16(18,11-12)17-21(19,20)13-7-5-4-6-8-13/h4-8,12,17-18H,9-11H2,1-3H3/t12-,15-,16+/m1/s1. The van der Waals surface area contributed by atoms with Gasteiger partial charge in [-0.15, -0.1) is 0 Å². The molecule has 0 aromatic heterocycles. The van der Waals surface area contributed by atoms with Crippen LogP contribution in [0.25, 0.3) is 0 Å². The van der Waals surface area contributed by atoms with Crippen LogP contribution >= 0.6 is 0 Å². The van der Waals surface area contributed by atoms with Crippen LogP contribution in [0.5, 0.6) is 0 Å². The number of aliphatic hydroxyl groups is 1. The van der Waals surface area contributed by atoms with E-state index in [1.165, 1.54) is 0 Å². The molecule has 2 saturated carbocycles. The Kier molecular flexibility index (Phi) is 3.08. The second-order valence-corrected chi connectivity index (χ2v) is 8.95. The third kappa shape index (κ3) is 1.91. The van der Waals surface area contributed by atoms with E-state index in [1.54, 1.807) is 30.3 Å². The molecule has 2 aliphatic carbocycles. The Bertz CT molecular complexity index is 655. The van der Waals surface area contributed by atoms with Gasteiger partial charge in [0.25, 0.3) is 0 Å². The van der Waals surface area contributed by atoms with Crippen LogP contribution < -0.4 is 4.72 Å². The monoisotopic (exact) mass is 309 g/mol. The molecule has 0 spiro atoms. The van der Waals surface area contributed by atoms with E-state index >= 15 is 0 Å². The van der Waals surface area contributed by atoms with Gasteiger partial charge in [-0.05, 0) is 42.7 Å². The number of rotatable bonds is 3. The van der Waals surface area contributed by atoms with Gasteiger partial charge in [0.2, 0.25) is 10.0 Å². The summed E-state index contributed by atoms with van der Waals surface area (Å²) in [6.45, 7) is 6.28. The molecule has 2 N–H and O–H groups in total. The number of fused-ring (bicyclic) bond motifs is 2. The summed E-state index contributed by atoms with van der Waals surface area (Å²) in [5.41, 5.74) is -1.87. The molecule has 21 heavy (non-hydrogen) atoms. The van der Waals surface area contributed by atoms with Gasteiger partial charge >= 0.3 is 0 Å². The number of sulfonamides is 1. The summed E-state index contributed by atoms with van der Waals surface area (Å²) < 4.78 is 27.7. The first-order valence-electron chi connectivity index (χ1n) is 7.44. The molecule has 3 rings (SSSR count). The van der Waals surface area contributed by atoms with Gasteiger partial charge < -0.3 is 5.11 Å². The van der Waals surface area contributed by atoms with Gasteiger partial charge in [-0.3, -0.25) is 0 Å². The highest BCUT2D eigenvalue weighted by molar-refractivity contribution is 7.89. The molecule has 116 valence electrons. The molecule has 1 aromatic rings. The number of nitrogens with one attached hydrogen (secondary N) is 1. The molecular weight excluding hydrogens is 286 g/mol. The Balaban J connectivity index is 1.96. The maximum Gasteiger partial charge on any atom is 0.242 e. The summed E-state index contributed by atoms with van der Waals surface area (Å²) in [5, 5.41) is 11.1. The Hall–Kier alpha value is -0.910. The van der Waals surface area contributed by atoms with Crippen LogP contribution in [0, 0.1) is 16.7 Å². The Labute approximate surface area is 126 Å². The molecule has 2 fully saturated rings. The van der Waals surface area contributed by atoms with Crippen LogP contribution in [0.3, 0.4) is 0 Å². The van der Waals surface area contributed by atoms with Crippen molar-refractivity contribution in [3.63, 3.8) is 0 Å². The van der Waals surface area contributed by atoms with Gasteiger partial charge in [-0.1, -0.05) is 39.0 Å². The number of hydrogen-bond acceptors (Lipinski definition) is 3. The minimum Gasteiger partial charge on any atom is -0.374 e. The first-order valence-corrected chi connectivity index (χ1v) is 8.92. The number of hydrogen-bond donors (Lipinski definition) is 2. The average molecular weight is 309 g/mol. The summed E-state index contributed by atoms with van der Waals surface area (Å²) in [6, 6.07) is 8.24. The Morgan fingerprint density at radius 2 is 1.81 bits per heavy atom. The van der Waals surface area contributed by atoms with E-state index in [0.29, 0.717) is 12.3 Å². The molecule has 2 aliphatic rings. The zero-order chi connectivity index (χ0) is 15.5. The third-order valence-corrected chi connectivity index (χ3v) is 7.75. The van der Waals surface area contributed by atoms with Crippen molar-refractivity contribution < 1.29 is 13.5 Å². The summed E-state index contributed by atoms with van der Waals surface area (Å²) in [5.74, 6) is 0.353. The number of benzene rings is 1. The zero-order valence-corrected chi connectivity index (χ0v) is 13.6. The van der Waals surface area contributed by atoms with Gasteiger partial charge in [0.15, 0.2) is 0 Å². The Morgan fingerprint density at radius 1 is 1.19 bits per heavy atom. The minimum absolute atomic E-state index is 0.0685. The molecule has 3 atom stereocenters. The van der Waals surface area contributed by atoms with Crippen molar-refractivity contribution in [2.75, 3.05) is 0 Å². The van der Waals surface area contributed by atoms with Crippen LogP contribution in [0.15, 0.2) is 35.2 Å². The fraction of sp³-hybridized carbons (Fsp3) is 0.625. The van der Waals surface area contributed by atoms with Crippen molar-refractivity contribution in [3.05, 3.63) is 30.3 Å². The summed E-state index contributed by atoms with van der Waals surface area (Å²) >= 11 is 0. The van der Waals surface area contributed by atoms with E-state index in [4.69, 9.17) is 0 Å². The second-order valence-electron chi connectivity index (χ2n) is 7.27. The molecule has 5 heteroatoms.